The smallest absolute Gasteiger partial charge is 0.168 e. The number of hydrogen-bond acceptors (Lipinski definition) is 4. The number of thioether (sulfide) groups is 1. The maximum Gasteiger partial charge on any atom is 0.168 e. The summed E-state index contributed by atoms with van der Waals surface area (Å²) in [5.74, 6) is 2.93. The van der Waals surface area contributed by atoms with Crippen LogP contribution in [-0.2, 0) is 19.4 Å². The predicted octanol–water partition coefficient (Wildman–Crippen LogP) is 4.19. The number of benzene rings is 2. The fraction of sp³-hybridized carbons (Fsp3) is 0.286. The third-order valence-corrected chi connectivity index (χ3v) is 5.72. The van der Waals surface area contributed by atoms with Gasteiger partial charge in [-0.2, -0.15) is 0 Å². The van der Waals surface area contributed by atoms with Crippen LogP contribution >= 0.6 is 11.8 Å². The van der Waals surface area contributed by atoms with Gasteiger partial charge in [0.25, 0.3) is 0 Å². The van der Waals surface area contributed by atoms with Crippen molar-refractivity contribution in [2.75, 3.05) is 20.0 Å². The molecule has 1 aliphatic heterocycles. The molecule has 2 aromatic carbocycles. The fourth-order valence-electron chi connectivity index (χ4n) is 3.48. The van der Waals surface area contributed by atoms with Crippen molar-refractivity contribution in [3.8, 4) is 11.5 Å². The SMILES string of the molecule is COc1ccccc1Cc1nc2n(c1Cc1ccccc1OC)CCS2. The van der Waals surface area contributed by atoms with E-state index in [-0.39, 0.29) is 0 Å². The molecule has 0 atom stereocenters. The molecule has 0 N–H and O–H groups in total. The number of rotatable bonds is 6. The first-order valence-electron chi connectivity index (χ1n) is 8.75. The first-order valence-corrected chi connectivity index (χ1v) is 9.73. The number of hydrogen-bond donors (Lipinski definition) is 0. The summed E-state index contributed by atoms with van der Waals surface area (Å²) in [6, 6.07) is 16.4. The summed E-state index contributed by atoms with van der Waals surface area (Å²) in [4.78, 5) is 4.94. The van der Waals surface area contributed by atoms with E-state index in [1.54, 1.807) is 14.2 Å². The molecule has 3 aromatic rings. The lowest BCUT2D eigenvalue weighted by Gasteiger charge is -2.12. The second-order valence-electron chi connectivity index (χ2n) is 6.27. The molecule has 0 saturated heterocycles. The van der Waals surface area contributed by atoms with Crippen LogP contribution in [0.25, 0.3) is 0 Å². The van der Waals surface area contributed by atoms with Crippen LogP contribution < -0.4 is 9.47 Å². The molecule has 0 bridgehead atoms. The first kappa shape index (κ1) is 17.0. The molecule has 0 radical (unpaired) electrons. The highest BCUT2D eigenvalue weighted by atomic mass is 32.2. The van der Waals surface area contributed by atoms with Crippen molar-refractivity contribution in [3.63, 3.8) is 0 Å². The van der Waals surface area contributed by atoms with Gasteiger partial charge in [0.05, 0.1) is 19.9 Å². The summed E-state index contributed by atoms with van der Waals surface area (Å²) in [6.07, 6.45) is 1.59. The van der Waals surface area contributed by atoms with E-state index in [1.807, 2.05) is 36.0 Å². The number of aromatic nitrogens is 2. The van der Waals surface area contributed by atoms with E-state index >= 15 is 0 Å². The Morgan fingerprint density at radius 3 is 2.19 bits per heavy atom. The van der Waals surface area contributed by atoms with Crippen LogP contribution in [0.2, 0.25) is 0 Å². The summed E-state index contributed by atoms with van der Waals surface area (Å²) in [7, 11) is 3.45. The van der Waals surface area contributed by atoms with E-state index in [0.717, 1.165) is 53.1 Å². The van der Waals surface area contributed by atoms with Gasteiger partial charge >= 0.3 is 0 Å². The Labute approximate surface area is 158 Å². The van der Waals surface area contributed by atoms with Crippen molar-refractivity contribution in [2.45, 2.75) is 24.5 Å². The van der Waals surface area contributed by atoms with Gasteiger partial charge in [0.15, 0.2) is 5.16 Å². The van der Waals surface area contributed by atoms with Gasteiger partial charge in [-0.05, 0) is 12.1 Å². The Morgan fingerprint density at radius 1 is 0.923 bits per heavy atom. The van der Waals surface area contributed by atoms with Gasteiger partial charge in [-0.15, -0.1) is 0 Å². The zero-order valence-corrected chi connectivity index (χ0v) is 15.9. The fourth-order valence-corrected chi connectivity index (χ4v) is 4.47. The summed E-state index contributed by atoms with van der Waals surface area (Å²) in [5, 5.41) is 1.12. The summed E-state index contributed by atoms with van der Waals surface area (Å²) < 4.78 is 13.4. The Balaban J connectivity index is 1.72. The van der Waals surface area contributed by atoms with E-state index in [0.29, 0.717) is 0 Å². The van der Waals surface area contributed by atoms with Crippen LogP contribution in [0.15, 0.2) is 53.7 Å². The second-order valence-corrected chi connectivity index (χ2v) is 7.33. The minimum atomic E-state index is 0.773. The molecular formula is C21H22N2O2S. The molecule has 134 valence electrons. The zero-order valence-electron chi connectivity index (χ0n) is 15.1. The van der Waals surface area contributed by atoms with Crippen LogP contribution in [0.5, 0.6) is 11.5 Å². The van der Waals surface area contributed by atoms with Crippen molar-refractivity contribution in [3.05, 3.63) is 71.0 Å². The summed E-state index contributed by atoms with van der Waals surface area (Å²) in [5.41, 5.74) is 4.76. The van der Waals surface area contributed by atoms with E-state index < -0.39 is 0 Å². The molecule has 0 unspecified atom stereocenters. The topological polar surface area (TPSA) is 36.3 Å². The average Bonchev–Trinajstić information content (AvgIpc) is 3.25. The van der Waals surface area contributed by atoms with Gasteiger partial charge in [0, 0.05) is 42.0 Å². The van der Waals surface area contributed by atoms with Gasteiger partial charge in [0.1, 0.15) is 11.5 Å². The summed E-state index contributed by atoms with van der Waals surface area (Å²) >= 11 is 1.83. The van der Waals surface area contributed by atoms with E-state index in [9.17, 15) is 0 Å². The number of fused-ring (bicyclic) bond motifs is 1. The van der Waals surface area contributed by atoms with Gasteiger partial charge in [-0.1, -0.05) is 48.2 Å². The minimum absolute atomic E-state index is 0.773. The van der Waals surface area contributed by atoms with Gasteiger partial charge < -0.3 is 14.0 Å². The molecule has 26 heavy (non-hydrogen) atoms. The standard InChI is InChI=1S/C21H22N2O2S/c1-24-19-9-5-3-7-15(19)13-17-18(23-11-12-26-21(23)22-17)14-16-8-4-6-10-20(16)25-2/h3-10H,11-14H2,1-2H3. The van der Waals surface area contributed by atoms with E-state index in [1.165, 1.54) is 11.3 Å². The molecule has 0 spiro atoms. The lowest BCUT2D eigenvalue weighted by Crippen LogP contribution is -2.06. The van der Waals surface area contributed by atoms with E-state index in [2.05, 4.69) is 28.8 Å². The lowest BCUT2D eigenvalue weighted by atomic mass is 10.0. The molecule has 5 heteroatoms. The molecule has 1 aromatic heterocycles. The van der Waals surface area contributed by atoms with Crippen LogP contribution in [0.4, 0.5) is 0 Å². The highest BCUT2D eigenvalue weighted by Gasteiger charge is 2.23. The third-order valence-electron chi connectivity index (χ3n) is 4.77. The van der Waals surface area contributed by atoms with Crippen LogP contribution in [0.3, 0.4) is 0 Å². The Bertz CT molecular complexity index is 920. The Hall–Kier alpha value is -2.40. The minimum Gasteiger partial charge on any atom is -0.496 e. The third kappa shape index (κ3) is 3.19. The molecule has 0 saturated carbocycles. The Morgan fingerprint density at radius 2 is 1.54 bits per heavy atom. The number of para-hydroxylation sites is 2. The van der Waals surface area contributed by atoms with Crippen molar-refractivity contribution in [1.82, 2.24) is 9.55 Å². The second kappa shape index (κ2) is 7.46. The molecule has 4 nitrogen and oxygen atoms in total. The zero-order chi connectivity index (χ0) is 17.9. The molecule has 2 heterocycles. The maximum absolute atomic E-state index is 5.55. The van der Waals surface area contributed by atoms with Crippen molar-refractivity contribution in [2.24, 2.45) is 0 Å². The molecule has 1 aliphatic rings. The summed E-state index contributed by atoms with van der Waals surface area (Å²) in [6.45, 7) is 1.02. The monoisotopic (exact) mass is 366 g/mol. The van der Waals surface area contributed by atoms with Gasteiger partial charge in [-0.25, -0.2) is 4.98 Å². The number of imidazole rings is 1. The number of nitrogens with zero attached hydrogens (tertiary/aromatic N) is 2. The molecule has 0 amide bonds. The highest BCUT2D eigenvalue weighted by molar-refractivity contribution is 7.99. The van der Waals surface area contributed by atoms with Crippen LogP contribution in [0.1, 0.15) is 22.5 Å². The van der Waals surface area contributed by atoms with Crippen molar-refractivity contribution >= 4 is 11.8 Å². The Kier molecular flexibility index (Phi) is 4.89. The first-order chi connectivity index (χ1) is 12.8. The number of methoxy groups -OCH3 is 2. The van der Waals surface area contributed by atoms with Crippen molar-refractivity contribution in [1.29, 1.82) is 0 Å². The largest absolute Gasteiger partial charge is 0.496 e. The van der Waals surface area contributed by atoms with E-state index in [4.69, 9.17) is 14.5 Å². The molecule has 4 rings (SSSR count). The molecule has 0 aliphatic carbocycles. The number of ether oxygens (including phenoxy) is 2. The maximum atomic E-state index is 5.55. The normalized spacial score (nSPS) is 12.8. The molecular weight excluding hydrogens is 344 g/mol. The van der Waals surface area contributed by atoms with Gasteiger partial charge in [-0.3, -0.25) is 0 Å². The highest BCUT2D eigenvalue weighted by Crippen LogP contribution is 2.33. The van der Waals surface area contributed by atoms with Crippen molar-refractivity contribution < 1.29 is 9.47 Å². The van der Waals surface area contributed by atoms with Crippen LogP contribution in [-0.4, -0.2) is 29.5 Å². The van der Waals surface area contributed by atoms with Gasteiger partial charge in [0.2, 0.25) is 0 Å². The predicted molar refractivity (Wildman–Crippen MR) is 105 cm³/mol. The lowest BCUT2D eigenvalue weighted by molar-refractivity contribution is 0.409. The quantitative estimate of drug-likeness (QED) is 0.655. The van der Waals surface area contributed by atoms with Crippen LogP contribution in [0, 0.1) is 0 Å². The average molecular weight is 366 g/mol. The molecule has 0 fully saturated rings.